The average Bonchev–Trinajstić information content (AvgIpc) is 3.03. The minimum absolute atomic E-state index is 0.125. The molecule has 4 heterocycles. The molecule has 0 saturated carbocycles. The molecule has 0 unspecified atom stereocenters. The molecule has 2 aliphatic heterocycles. The summed E-state index contributed by atoms with van der Waals surface area (Å²) in [5, 5.41) is 4.11. The number of hydrogen-bond acceptors (Lipinski definition) is 6. The van der Waals surface area contributed by atoms with Crippen molar-refractivity contribution in [2.45, 2.75) is 0 Å². The number of hydrogen-bond donors (Lipinski definition) is 1. The van der Waals surface area contributed by atoms with Crippen molar-refractivity contribution in [3.8, 4) is 0 Å². The quantitative estimate of drug-likeness (QED) is 0.858. The molecule has 0 aliphatic carbocycles. The fourth-order valence-corrected chi connectivity index (χ4v) is 3.72. The van der Waals surface area contributed by atoms with Crippen LogP contribution in [0.25, 0.3) is 5.65 Å². The van der Waals surface area contributed by atoms with Gasteiger partial charge in [0.05, 0.1) is 23.7 Å². The first-order valence-electron chi connectivity index (χ1n) is 6.94. The molecule has 2 aliphatic rings. The number of anilines is 2. The van der Waals surface area contributed by atoms with Gasteiger partial charge in [-0.1, -0.05) is 0 Å². The number of nitrogens with zero attached hydrogens (tertiary/aromatic N) is 5. The molecule has 21 heavy (non-hydrogen) atoms. The van der Waals surface area contributed by atoms with Crippen LogP contribution in [0.15, 0.2) is 18.3 Å². The zero-order chi connectivity index (χ0) is 14.4. The Labute approximate surface area is 126 Å². The van der Waals surface area contributed by atoms with E-state index in [2.05, 4.69) is 15.0 Å². The van der Waals surface area contributed by atoms with Crippen LogP contribution in [-0.4, -0.2) is 56.7 Å². The van der Waals surface area contributed by atoms with Crippen LogP contribution < -0.4 is 10.6 Å². The first-order chi connectivity index (χ1) is 10.2. The highest BCUT2D eigenvalue weighted by atomic mass is 32.2. The van der Waals surface area contributed by atoms with E-state index in [0.29, 0.717) is 5.91 Å². The third-order valence-electron chi connectivity index (χ3n) is 3.99. The topological polar surface area (TPSA) is 79.8 Å². The summed E-state index contributed by atoms with van der Waals surface area (Å²) in [5.74, 6) is 2.60. The predicted octanol–water partition coefficient (Wildman–Crippen LogP) is 0.281. The van der Waals surface area contributed by atoms with E-state index in [0.717, 1.165) is 42.6 Å². The highest BCUT2D eigenvalue weighted by molar-refractivity contribution is 7.99. The number of carbonyl (C=O) groups excluding carboxylic acids is 1. The molecule has 0 spiro atoms. The Morgan fingerprint density at radius 3 is 3.00 bits per heavy atom. The number of rotatable bonds is 2. The fraction of sp³-hybridized carbons (Fsp3) is 0.462. The van der Waals surface area contributed by atoms with Gasteiger partial charge in [0.25, 0.3) is 0 Å². The van der Waals surface area contributed by atoms with Crippen molar-refractivity contribution < 1.29 is 4.79 Å². The number of fused-ring (bicyclic) bond motifs is 1. The van der Waals surface area contributed by atoms with Crippen molar-refractivity contribution in [1.29, 1.82) is 0 Å². The Balaban J connectivity index is 1.45. The SMILES string of the molecule is Nc1nc2ccc(N3CC(C(=O)N4CCSC4)C3)cn2n1. The summed E-state index contributed by atoms with van der Waals surface area (Å²) in [6.45, 7) is 2.44. The van der Waals surface area contributed by atoms with Crippen LogP contribution in [0, 0.1) is 5.92 Å². The molecule has 8 heteroatoms. The van der Waals surface area contributed by atoms with E-state index >= 15 is 0 Å². The average molecular weight is 304 g/mol. The summed E-state index contributed by atoms with van der Waals surface area (Å²) in [6.07, 6.45) is 1.91. The summed E-state index contributed by atoms with van der Waals surface area (Å²) in [7, 11) is 0. The summed E-state index contributed by atoms with van der Waals surface area (Å²) in [4.78, 5) is 20.5. The van der Waals surface area contributed by atoms with Crippen LogP contribution in [0.3, 0.4) is 0 Å². The first-order valence-corrected chi connectivity index (χ1v) is 8.09. The Bertz CT molecular complexity index is 689. The maximum atomic E-state index is 12.3. The minimum atomic E-state index is 0.125. The van der Waals surface area contributed by atoms with Gasteiger partial charge in [0.2, 0.25) is 11.9 Å². The number of pyridine rings is 1. The van der Waals surface area contributed by atoms with Crippen LogP contribution in [0.2, 0.25) is 0 Å². The lowest BCUT2D eigenvalue weighted by Crippen LogP contribution is -2.54. The molecule has 4 rings (SSSR count). The smallest absolute Gasteiger partial charge is 0.240 e. The second-order valence-corrected chi connectivity index (χ2v) is 6.48. The van der Waals surface area contributed by atoms with Gasteiger partial charge in [-0.05, 0) is 12.1 Å². The maximum Gasteiger partial charge on any atom is 0.240 e. The summed E-state index contributed by atoms with van der Waals surface area (Å²) < 4.78 is 1.68. The van der Waals surface area contributed by atoms with Gasteiger partial charge in [-0.2, -0.15) is 4.98 Å². The molecule has 2 N–H and O–H groups in total. The summed E-state index contributed by atoms with van der Waals surface area (Å²) >= 11 is 1.82. The van der Waals surface area contributed by atoms with Gasteiger partial charge in [-0.25, -0.2) is 4.52 Å². The van der Waals surface area contributed by atoms with Crippen LogP contribution in [0.1, 0.15) is 0 Å². The molecule has 2 aromatic heterocycles. The molecule has 1 amide bonds. The number of thioether (sulfide) groups is 1. The second-order valence-electron chi connectivity index (χ2n) is 5.40. The van der Waals surface area contributed by atoms with Crippen molar-refractivity contribution in [1.82, 2.24) is 19.5 Å². The number of aromatic nitrogens is 3. The lowest BCUT2D eigenvalue weighted by molar-refractivity contribution is -0.134. The van der Waals surface area contributed by atoms with Crippen LogP contribution in [0.4, 0.5) is 11.6 Å². The molecule has 2 fully saturated rings. The predicted molar refractivity (Wildman–Crippen MR) is 82.1 cm³/mol. The molecule has 110 valence electrons. The van der Waals surface area contributed by atoms with E-state index in [9.17, 15) is 4.79 Å². The molecule has 7 nitrogen and oxygen atoms in total. The third-order valence-corrected chi connectivity index (χ3v) is 4.96. The maximum absolute atomic E-state index is 12.3. The number of amides is 1. The first kappa shape index (κ1) is 12.8. The Morgan fingerprint density at radius 1 is 1.38 bits per heavy atom. The van der Waals surface area contributed by atoms with E-state index in [1.807, 2.05) is 35.0 Å². The van der Waals surface area contributed by atoms with Crippen molar-refractivity contribution in [3.05, 3.63) is 18.3 Å². The normalized spacial score (nSPS) is 19.2. The highest BCUT2D eigenvalue weighted by Crippen LogP contribution is 2.27. The lowest BCUT2D eigenvalue weighted by atomic mass is 9.98. The minimum Gasteiger partial charge on any atom is -0.369 e. The van der Waals surface area contributed by atoms with Gasteiger partial charge in [0, 0.05) is 25.4 Å². The van der Waals surface area contributed by atoms with E-state index in [-0.39, 0.29) is 11.9 Å². The Hall–Kier alpha value is -1.96. The Kier molecular flexibility index (Phi) is 2.91. The Morgan fingerprint density at radius 2 is 2.24 bits per heavy atom. The molecule has 2 aromatic rings. The standard InChI is InChI=1S/C13H16N6OS/c14-13-15-11-2-1-10(7-19(11)16-13)18-5-9(6-18)12(20)17-3-4-21-8-17/h1-2,7,9H,3-6,8H2,(H2,14,16). The second kappa shape index (κ2) is 4.80. The molecular weight excluding hydrogens is 288 g/mol. The zero-order valence-corrected chi connectivity index (χ0v) is 12.3. The largest absolute Gasteiger partial charge is 0.369 e. The van der Waals surface area contributed by atoms with E-state index < -0.39 is 0 Å². The molecule has 0 aromatic carbocycles. The van der Waals surface area contributed by atoms with E-state index in [1.165, 1.54) is 0 Å². The highest BCUT2D eigenvalue weighted by Gasteiger charge is 2.36. The number of nitrogens with two attached hydrogens (primary N) is 1. The van der Waals surface area contributed by atoms with Gasteiger partial charge in [0.1, 0.15) is 0 Å². The molecular formula is C13H16N6OS. The summed E-state index contributed by atoms with van der Waals surface area (Å²) in [5.41, 5.74) is 7.37. The fourth-order valence-electron chi connectivity index (χ4n) is 2.77. The van der Waals surface area contributed by atoms with Crippen molar-refractivity contribution in [2.24, 2.45) is 5.92 Å². The third kappa shape index (κ3) is 2.19. The zero-order valence-electron chi connectivity index (χ0n) is 11.5. The van der Waals surface area contributed by atoms with Crippen molar-refractivity contribution in [2.75, 3.05) is 41.9 Å². The van der Waals surface area contributed by atoms with Gasteiger partial charge in [0.15, 0.2) is 5.65 Å². The molecule has 0 radical (unpaired) electrons. The van der Waals surface area contributed by atoms with Crippen molar-refractivity contribution >= 4 is 35.0 Å². The van der Waals surface area contributed by atoms with E-state index in [1.54, 1.807) is 4.52 Å². The van der Waals surface area contributed by atoms with E-state index in [4.69, 9.17) is 5.73 Å². The monoisotopic (exact) mass is 304 g/mol. The van der Waals surface area contributed by atoms with Gasteiger partial charge < -0.3 is 15.5 Å². The van der Waals surface area contributed by atoms with Gasteiger partial charge >= 0.3 is 0 Å². The lowest BCUT2D eigenvalue weighted by Gasteiger charge is -2.41. The van der Waals surface area contributed by atoms with Crippen LogP contribution >= 0.6 is 11.8 Å². The van der Waals surface area contributed by atoms with Gasteiger partial charge in [-0.15, -0.1) is 16.9 Å². The van der Waals surface area contributed by atoms with Gasteiger partial charge in [-0.3, -0.25) is 4.79 Å². The molecule has 2 saturated heterocycles. The summed E-state index contributed by atoms with van der Waals surface area (Å²) in [6, 6.07) is 3.89. The molecule has 0 atom stereocenters. The van der Waals surface area contributed by atoms with Crippen LogP contribution in [-0.2, 0) is 4.79 Å². The number of nitrogen functional groups attached to an aromatic ring is 1. The number of carbonyl (C=O) groups is 1. The van der Waals surface area contributed by atoms with Crippen molar-refractivity contribution in [3.63, 3.8) is 0 Å². The van der Waals surface area contributed by atoms with Crippen LogP contribution in [0.5, 0.6) is 0 Å². The molecule has 0 bridgehead atoms.